The van der Waals surface area contributed by atoms with Gasteiger partial charge in [-0.15, -0.1) is 0 Å². The first-order chi connectivity index (χ1) is 6.19. The number of hydrogen-bond acceptors (Lipinski definition) is 5. The standard InChI is InChI=1S/C7H15O6P/c1-7(2,3)6(8)12-5-13-14(9,10)11-4/h5H2,1-4H3,(H,9,10). The highest BCUT2D eigenvalue weighted by Crippen LogP contribution is 2.41. The van der Waals surface area contributed by atoms with Crippen molar-refractivity contribution < 1.29 is 28.0 Å². The summed E-state index contributed by atoms with van der Waals surface area (Å²) in [4.78, 5) is 19.9. The molecule has 1 unspecified atom stereocenters. The molecule has 0 rings (SSSR count). The molecule has 84 valence electrons. The Bertz CT molecular complexity index is 243. The molecule has 0 aliphatic heterocycles. The number of carbonyl (C=O) groups is 1. The molecule has 0 amide bonds. The van der Waals surface area contributed by atoms with E-state index in [9.17, 15) is 9.36 Å². The van der Waals surface area contributed by atoms with Crippen LogP contribution in [0.3, 0.4) is 0 Å². The zero-order valence-corrected chi connectivity index (χ0v) is 9.54. The fourth-order valence-electron chi connectivity index (χ4n) is 0.416. The van der Waals surface area contributed by atoms with Gasteiger partial charge >= 0.3 is 13.8 Å². The van der Waals surface area contributed by atoms with E-state index in [1.165, 1.54) is 0 Å². The zero-order valence-electron chi connectivity index (χ0n) is 8.64. The van der Waals surface area contributed by atoms with E-state index in [0.29, 0.717) is 0 Å². The van der Waals surface area contributed by atoms with Gasteiger partial charge in [-0.3, -0.25) is 9.32 Å². The Hall–Kier alpha value is -0.420. The van der Waals surface area contributed by atoms with Crippen molar-refractivity contribution in [3.05, 3.63) is 0 Å². The number of phosphoric acid groups is 1. The fraction of sp³-hybridized carbons (Fsp3) is 0.857. The third kappa shape index (κ3) is 5.34. The zero-order chi connectivity index (χ0) is 11.4. The van der Waals surface area contributed by atoms with Crippen LogP contribution in [0.2, 0.25) is 0 Å². The molecule has 0 aromatic heterocycles. The number of ether oxygens (including phenoxy) is 1. The second-order valence-corrected chi connectivity index (χ2v) is 5.14. The molecule has 1 N–H and O–H groups in total. The van der Waals surface area contributed by atoms with Gasteiger partial charge < -0.3 is 9.63 Å². The average molecular weight is 226 g/mol. The maximum Gasteiger partial charge on any atom is 0.474 e. The Labute approximate surface area is 82.8 Å². The molecule has 0 fully saturated rings. The number of phosphoric ester groups is 1. The van der Waals surface area contributed by atoms with Crippen molar-refractivity contribution in [3.8, 4) is 0 Å². The topological polar surface area (TPSA) is 82.1 Å². The first-order valence-corrected chi connectivity index (χ1v) is 5.39. The lowest BCUT2D eigenvalue weighted by atomic mass is 9.98. The largest absolute Gasteiger partial charge is 0.474 e. The molecule has 0 aliphatic rings. The predicted octanol–water partition coefficient (Wildman–Crippen LogP) is 1.30. The molecule has 0 spiro atoms. The minimum Gasteiger partial charge on any atom is -0.437 e. The molecule has 14 heavy (non-hydrogen) atoms. The van der Waals surface area contributed by atoms with Crippen LogP contribution in [-0.2, 0) is 23.1 Å². The van der Waals surface area contributed by atoms with Crippen LogP contribution in [0.1, 0.15) is 20.8 Å². The van der Waals surface area contributed by atoms with Crippen molar-refractivity contribution in [3.63, 3.8) is 0 Å². The lowest BCUT2D eigenvalue weighted by molar-refractivity contribution is -0.160. The molecule has 6 nitrogen and oxygen atoms in total. The molecule has 0 saturated carbocycles. The van der Waals surface area contributed by atoms with Crippen LogP contribution in [0.25, 0.3) is 0 Å². The van der Waals surface area contributed by atoms with Gasteiger partial charge in [-0.25, -0.2) is 9.09 Å². The summed E-state index contributed by atoms with van der Waals surface area (Å²) in [6.45, 7) is 4.37. The van der Waals surface area contributed by atoms with Crippen LogP contribution in [0.15, 0.2) is 0 Å². The second kappa shape index (κ2) is 4.89. The SMILES string of the molecule is COP(=O)(O)OCOC(=O)C(C)(C)C. The molecular formula is C7H15O6P. The Morgan fingerprint density at radius 2 is 1.93 bits per heavy atom. The molecule has 0 heterocycles. The smallest absolute Gasteiger partial charge is 0.437 e. The maximum absolute atomic E-state index is 11.1. The minimum atomic E-state index is -4.06. The minimum absolute atomic E-state index is 0.520. The van der Waals surface area contributed by atoms with Gasteiger partial charge in [0.1, 0.15) is 0 Å². The van der Waals surface area contributed by atoms with Gasteiger partial charge in [0.2, 0.25) is 6.79 Å². The summed E-state index contributed by atoms with van der Waals surface area (Å²) in [5.41, 5.74) is -0.671. The number of esters is 1. The third-order valence-electron chi connectivity index (χ3n) is 1.25. The lowest BCUT2D eigenvalue weighted by Gasteiger charge is -2.16. The highest BCUT2D eigenvalue weighted by Gasteiger charge is 2.25. The van der Waals surface area contributed by atoms with Crippen LogP contribution < -0.4 is 0 Å². The van der Waals surface area contributed by atoms with Crippen LogP contribution >= 0.6 is 7.82 Å². The van der Waals surface area contributed by atoms with Gasteiger partial charge in [-0.05, 0) is 20.8 Å². The molecule has 0 aromatic rings. The van der Waals surface area contributed by atoms with E-state index < -0.39 is 26.0 Å². The second-order valence-electron chi connectivity index (χ2n) is 3.58. The number of carbonyl (C=O) groups excluding carboxylic acids is 1. The summed E-state index contributed by atoms with van der Waals surface area (Å²) < 4.78 is 23.7. The quantitative estimate of drug-likeness (QED) is 0.442. The molecule has 1 atom stereocenters. The number of rotatable bonds is 4. The molecule has 0 aromatic carbocycles. The summed E-state index contributed by atoms with van der Waals surface area (Å²) in [5, 5.41) is 0. The van der Waals surface area contributed by atoms with Crippen molar-refractivity contribution in [2.45, 2.75) is 20.8 Å². The summed E-state index contributed by atoms with van der Waals surface area (Å²) in [5.74, 6) is -0.520. The summed E-state index contributed by atoms with van der Waals surface area (Å²) in [6, 6.07) is 0. The summed E-state index contributed by atoms with van der Waals surface area (Å²) in [7, 11) is -3.04. The summed E-state index contributed by atoms with van der Waals surface area (Å²) >= 11 is 0. The van der Waals surface area contributed by atoms with Gasteiger partial charge in [0.05, 0.1) is 5.41 Å². The van der Waals surface area contributed by atoms with E-state index in [2.05, 4.69) is 13.8 Å². The van der Waals surface area contributed by atoms with Gasteiger partial charge in [0.25, 0.3) is 0 Å². The van der Waals surface area contributed by atoms with E-state index in [-0.39, 0.29) is 0 Å². The molecule has 0 aliphatic carbocycles. The van der Waals surface area contributed by atoms with Crippen LogP contribution in [0, 0.1) is 5.41 Å². The lowest BCUT2D eigenvalue weighted by Crippen LogP contribution is -2.23. The third-order valence-corrected chi connectivity index (χ3v) is 2.14. The molecule has 0 radical (unpaired) electrons. The number of hydrogen-bond donors (Lipinski definition) is 1. The monoisotopic (exact) mass is 226 g/mol. The molecule has 7 heteroatoms. The van der Waals surface area contributed by atoms with Crippen LogP contribution in [-0.4, -0.2) is 24.8 Å². The first-order valence-electron chi connectivity index (χ1n) is 3.89. The van der Waals surface area contributed by atoms with Gasteiger partial charge in [-0.1, -0.05) is 0 Å². The summed E-state index contributed by atoms with van der Waals surface area (Å²) in [6.07, 6.45) is 0. The van der Waals surface area contributed by atoms with Crippen molar-refractivity contribution in [2.24, 2.45) is 5.41 Å². The van der Waals surface area contributed by atoms with Gasteiger partial charge in [0, 0.05) is 7.11 Å². The van der Waals surface area contributed by atoms with Crippen LogP contribution in [0.4, 0.5) is 0 Å². The van der Waals surface area contributed by atoms with E-state index in [0.717, 1.165) is 7.11 Å². The fourth-order valence-corrected chi connectivity index (χ4v) is 0.707. The normalized spacial score (nSPS) is 16.1. The Kier molecular flexibility index (Phi) is 4.74. The first kappa shape index (κ1) is 13.6. The predicted molar refractivity (Wildman–Crippen MR) is 48.3 cm³/mol. The highest BCUT2D eigenvalue weighted by atomic mass is 31.2. The van der Waals surface area contributed by atoms with Gasteiger partial charge in [-0.2, -0.15) is 0 Å². The molecular weight excluding hydrogens is 211 g/mol. The van der Waals surface area contributed by atoms with E-state index in [1.807, 2.05) is 0 Å². The average Bonchev–Trinajstić information content (AvgIpc) is 2.02. The molecule has 0 bridgehead atoms. The van der Waals surface area contributed by atoms with Crippen molar-refractivity contribution in [2.75, 3.05) is 13.9 Å². The van der Waals surface area contributed by atoms with Crippen molar-refractivity contribution in [1.82, 2.24) is 0 Å². The van der Waals surface area contributed by atoms with Crippen molar-refractivity contribution in [1.29, 1.82) is 0 Å². The highest BCUT2D eigenvalue weighted by molar-refractivity contribution is 7.47. The molecule has 0 saturated heterocycles. The maximum atomic E-state index is 11.1. The Morgan fingerprint density at radius 1 is 1.43 bits per heavy atom. The van der Waals surface area contributed by atoms with E-state index in [1.54, 1.807) is 20.8 Å². The van der Waals surface area contributed by atoms with Gasteiger partial charge in [0.15, 0.2) is 0 Å². The Morgan fingerprint density at radius 3 is 2.29 bits per heavy atom. The van der Waals surface area contributed by atoms with Crippen LogP contribution in [0.5, 0.6) is 0 Å². The van der Waals surface area contributed by atoms with E-state index >= 15 is 0 Å². The Balaban J connectivity index is 3.88. The van der Waals surface area contributed by atoms with E-state index in [4.69, 9.17) is 4.89 Å². The van der Waals surface area contributed by atoms with Crippen molar-refractivity contribution >= 4 is 13.8 Å².